The first-order chi connectivity index (χ1) is 9.66. The Morgan fingerprint density at radius 3 is 2.95 bits per heavy atom. The first kappa shape index (κ1) is 17.9. The highest BCUT2D eigenvalue weighted by Crippen LogP contribution is 2.08. The number of rotatable bonds is 5. The molecular formula is C14H22ClN3O2S. The predicted octanol–water partition coefficient (Wildman–Crippen LogP) is 1.55. The highest BCUT2D eigenvalue weighted by Gasteiger charge is 2.22. The van der Waals surface area contributed by atoms with Crippen LogP contribution in [0.15, 0.2) is 16.8 Å². The van der Waals surface area contributed by atoms with Crippen LogP contribution in [0, 0.1) is 0 Å². The van der Waals surface area contributed by atoms with Crippen molar-refractivity contribution in [2.24, 2.45) is 0 Å². The van der Waals surface area contributed by atoms with E-state index in [1.165, 1.54) is 11.3 Å². The van der Waals surface area contributed by atoms with Crippen LogP contribution in [-0.4, -0.2) is 37.0 Å². The average molecular weight is 332 g/mol. The smallest absolute Gasteiger partial charge is 0.252 e. The van der Waals surface area contributed by atoms with Gasteiger partial charge in [-0.15, -0.1) is 12.4 Å². The van der Waals surface area contributed by atoms with E-state index in [0.29, 0.717) is 24.6 Å². The summed E-state index contributed by atoms with van der Waals surface area (Å²) >= 11 is 1.48. The summed E-state index contributed by atoms with van der Waals surface area (Å²) in [7, 11) is 0. The SMILES string of the molecule is CC1NCCCC1NC(=O)CCNC(=O)c1ccsc1.Cl. The van der Waals surface area contributed by atoms with Crippen molar-refractivity contribution in [2.75, 3.05) is 13.1 Å². The van der Waals surface area contributed by atoms with Crippen LogP contribution in [-0.2, 0) is 4.79 Å². The van der Waals surface area contributed by atoms with Crippen LogP contribution < -0.4 is 16.0 Å². The van der Waals surface area contributed by atoms with Gasteiger partial charge in [0.15, 0.2) is 0 Å². The molecule has 3 N–H and O–H groups in total. The van der Waals surface area contributed by atoms with Gasteiger partial charge in [-0.2, -0.15) is 11.3 Å². The molecule has 0 spiro atoms. The lowest BCUT2D eigenvalue weighted by Gasteiger charge is -2.30. The summed E-state index contributed by atoms with van der Waals surface area (Å²) in [6, 6.07) is 2.28. The quantitative estimate of drug-likeness (QED) is 0.766. The Hall–Kier alpha value is -1.11. The average Bonchev–Trinajstić information content (AvgIpc) is 2.95. The second-order valence-corrected chi connectivity index (χ2v) is 5.86. The van der Waals surface area contributed by atoms with Crippen LogP contribution >= 0.6 is 23.7 Å². The largest absolute Gasteiger partial charge is 0.352 e. The van der Waals surface area contributed by atoms with E-state index in [1.54, 1.807) is 11.4 Å². The van der Waals surface area contributed by atoms with Crippen molar-refractivity contribution in [3.05, 3.63) is 22.4 Å². The molecule has 0 bridgehead atoms. The van der Waals surface area contributed by atoms with Gasteiger partial charge in [0.2, 0.25) is 5.91 Å². The molecule has 2 rings (SSSR count). The van der Waals surface area contributed by atoms with Gasteiger partial charge in [0, 0.05) is 36.0 Å². The van der Waals surface area contributed by atoms with E-state index in [2.05, 4.69) is 22.9 Å². The molecule has 5 nitrogen and oxygen atoms in total. The maximum atomic E-state index is 11.8. The van der Waals surface area contributed by atoms with E-state index in [0.717, 1.165) is 19.4 Å². The second-order valence-electron chi connectivity index (χ2n) is 5.08. The van der Waals surface area contributed by atoms with Gasteiger partial charge in [0.1, 0.15) is 0 Å². The van der Waals surface area contributed by atoms with Gasteiger partial charge in [0.25, 0.3) is 5.91 Å². The maximum Gasteiger partial charge on any atom is 0.252 e. The van der Waals surface area contributed by atoms with E-state index in [4.69, 9.17) is 0 Å². The highest BCUT2D eigenvalue weighted by molar-refractivity contribution is 7.08. The standard InChI is InChI=1S/C14H21N3O2S.ClH/c1-10-12(3-2-6-15-10)17-13(18)4-7-16-14(19)11-5-8-20-9-11;/h5,8-10,12,15H,2-4,6-7H2,1H3,(H,16,19)(H,17,18);1H. The summed E-state index contributed by atoms with van der Waals surface area (Å²) in [6.45, 7) is 3.47. The van der Waals surface area contributed by atoms with E-state index >= 15 is 0 Å². The predicted molar refractivity (Wildman–Crippen MR) is 87.1 cm³/mol. The fourth-order valence-corrected chi connectivity index (χ4v) is 2.94. The van der Waals surface area contributed by atoms with Crippen LogP contribution in [0.3, 0.4) is 0 Å². The van der Waals surface area contributed by atoms with Gasteiger partial charge in [0.05, 0.1) is 0 Å². The molecule has 1 saturated heterocycles. The van der Waals surface area contributed by atoms with E-state index in [1.807, 2.05) is 5.38 Å². The molecule has 7 heteroatoms. The Bertz CT molecular complexity index is 453. The van der Waals surface area contributed by atoms with Crippen molar-refractivity contribution >= 4 is 35.6 Å². The van der Waals surface area contributed by atoms with Crippen LogP contribution in [0.4, 0.5) is 0 Å². The summed E-state index contributed by atoms with van der Waals surface area (Å²) in [5.74, 6) is -0.122. The second kappa shape index (κ2) is 9.02. The summed E-state index contributed by atoms with van der Waals surface area (Å²) in [5, 5.41) is 12.8. The van der Waals surface area contributed by atoms with Gasteiger partial charge in [-0.05, 0) is 37.8 Å². The lowest BCUT2D eigenvalue weighted by atomic mass is 10.00. The van der Waals surface area contributed by atoms with Gasteiger partial charge in [-0.25, -0.2) is 0 Å². The Labute approximate surface area is 135 Å². The summed E-state index contributed by atoms with van der Waals surface area (Å²) in [5.41, 5.74) is 0.653. The van der Waals surface area contributed by atoms with Crippen molar-refractivity contribution in [3.8, 4) is 0 Å². The minimum atomic E-state index is -0.119. The van der Waals surface area contributed by atoms with E-state index in [9.17, 15) is 9.59 Å². The molecule has 2 atom stereocenters. The summed E-state index contributed by atoms with van der Waals surface area (Å²) < 4.78 is 0. The Kier molecular flexibility index (Phi) is 7.71. The Balaban J connectivity index is 0.00000220. The highest BCUT2D eigenvalue weighted by atomic mass is 35.5. The number of piperidine rings is 1. The molecule has 0 saturated carbocycles. The molecule has 1 aromatic rings. The minimum Gasteiger partial charge on any atom is -0.352 e. The number of carbonyl (C=O) groups is 2. The molecule has 1 aliphatic heterocycles. The fraction of sp³-hybridized carbons (Fsp3) is 0.571. The topological polar surface area (TPSA) is 70.2 Å². The molecule has 0 aromatic carbocycles. The number of halogens is 1. The first-order valence-electron chi connectivity index (χ1n) is 7.00. The molecule has 0 radical (unpaired) electrons. The van der Waals surface area contributed by atoms with Crippen LogP contribution in [0.2, 0.25) is 0 Å². The van der Waals surface area contributed by atoms with Crippen molar-refractivity contribution in [1.29, 1.82) is 0 Å². The third kappa shape index (κ3) is 5.65. The molecule has 21 heavy (non-hydrogen) atoms. The third-order valence-corrected chi connectivity index (χ3v) is 4.21. The molecule has 2 amide bonds. The number of hydrogen-bond acceptors (Lipinski definition) is 4. The minimum absolute atomic E-state index is 0. The molecule has 2 unspecified atom stereocenters. The zero-order valence-electron chi connectivity index (χ0n) is 12.1. The summed E-state index contributed by atoms with van der Waals surface area (Å²) in [4.78, 5) is 23.5. The van der Waals surface area contributed by atoms with Gasteiger partial charge in [-0.1, -0.05) is 0 Å². The van der Waals surface area contributed by atoms with Crippen molar-refractivity contribution in [3.63, 3.8) is 0 Å². The molecule has 118 valence electrons. The number of nitrogens with one attached hydrogen (secondary N) is 3. The lowest BCUT2D eigenvalue weighted by molar-refractivity contribution is -0.122. The molecule has 2 heterocycles. The molecule has 1 aliphatic rings. The number of amides is 2. The van der Waals surface area contributed by atoms with Gasteiger partial charge < -0.3 is 16.0 Å². The van der Waals surface area contributed by atoms with Crippen molar-refractivity contribution < 1.29 is 9.59 Å². The lowest BCUT2D eigenvalue weighted by Crippen LogP contribution is -2.52. The number of thiophene rings is 1. The monoisotopic (exact) mass is 331 g/mol. The van der Waals surface area contributed by atoms with Gasteiger partial charge >= 0.3 is 0 Å². The number of carbonyl (C=O) groups excluding carboxylic acids is 2. The maximum absolute atomic E-state index is 11.8. The molecule has 0 aliphatic carbocycles. The third-order valence-electron chi connectivity index (χ3n) is 3.53. The van der Waals surface area contributed by atoms with Crippen molar-refractivity contribution in [1.82, 2.24) is 16.0 Å². The Morgan fingerprint density at radius 1 is 1.48 bits per heavy atom. The van der Waals surface area contributed by atoms with Crippen LogP contribution in [0.1, 0.15) is 36.5 Å². The molecular weight excluding hydrogens is 310 g/mol. The zero-order chi connectivity index (χ0) is 14.4. The van der Waals surface area contributed by atoms with E-state index in [-0.39, 0.29) is 30.3 Å². The first-order valence-corrected chi connectivity index (χ1v) is 7.94. The zero-order valence-corrected chi connectivity index (χ0v) is 13.7. The van der Waals surface area contributed by atoms with Gasteiger partial charge in [-0.3, -0.25) is 9.59 Å². The van der Waals surface area contributed by atoms with Crippen LogP contribution in [0.5, 0.6) is 0 Å². The normalized spacial score (nSPS) is 21.2. The molecule has 1 fully saturated rings. The van der Waals surface area contributed by atoms with Crippen molar-refractivity contribution in [2.45, 2.75) is 38.3 Å². The molecule has 1 aromatic heterocycles. The summed E-state index contributed by atoms with van der Waals surface area (Å²) in [6.07, 6.45) is 2.42. The van der Waals surface area contributed by atoms with Crippen LogP contribution in [0.25, 0.3) is 0 Å². The van der Waals surface area contributed by atoms with E-state index < -0.39 is 0 Å². The fourth-order valence-electron chi connectivity index (χ4n) is 2.31. The Morgan fingerprint density at radius 2 is 2.29 bits per heavy atom. The number of hydrogen-bond donors (Lipinski definition) is 3.